The van der Waals surface area contributed by atoms with Gasteiger partial charge in [0.25, 0.3) is 0 Å². The minimum Gasteiger partial charge on any atom is -0.393 e. The number of unbranched alkanes of at least 4 members (excludes halogenated alkanes) is 1. The van der Waals surface area contributed by atoms with Crippen molar-refractivity contribution >= 4 is 0 Å². The second kappa shape index (κ2) is 10.2. The number of alkyl halides is 6. The van der Waals surface area contributed by atoms with Crippen molar-refractivity contribution in [2.75, 3.05) is 0 Å². The van der Waals surface area contributed by atoms with Crippen LogP contribution in [0, 0.1) is 17.3 Å². The Morgan fingerprint density at radius 3 is 2.03 bits per heavy atom. The van der Waals surface area contributed by atoms with Crippen LogP contribution in [0.4, 0.5) is 26.3 Å². The van der Waals surface area contributed by atoms with Crippen molar-refractivity contribution in [3.8, 4) is 11.8 Å². The van der Waals surface area contributed by atoms with Crippen LogP contribution >= 0.6 is 0 Å². The third-order valence-electron chi connectivity index (χ3n) is 4.89. The largest absolute Gasteiger partial charge is 0.438 e. The van der Waals surface area contributed by atoms with Crippen LogP contribution in [-0.4, -0.2) is 45.5 Å². The summed E-state index contributed by atoms with van der Waals surface area (Å²) in [5.74, 6) is 2.85. The van der Waals surface area contributed by atoms with E-state index in [1.165, 1.54) is 0 Å². The van der Waals surface area contributed by atoms with Gasteiger partial charge in [-0.05, 0) is 49.9 Å². The van der Waals surface area contributed by atoms with Gasteiger partial charge in [0, 0.05) is 6.42 Å². The van der Waals surface area contributed by atoms with Crippen molar-refractivity contribution in [2.45, 2.75) is 89.0 Å². The molecular formula is C21H28F6O3. The van der Waals surface area contributed by atoms with Gasteiger partial charge in [-0.1, -0.05) is 43.6 Å². The Bertz CT molecular complexity index is 654. The van der Waals surface area contributed by atoms with Crippen LogP contribution in [0.2, 0.25) is 0 Å². The molecule has 1 rings (SSSR count). The van der Waals surface area contributed by atoms with Crippen molar-refractivity contribution in [1.82, 2.24) is 0 Å². The molecule has 0 aliphatic heterocycles. The minimum absolute atomic E-state index is 0.231. The smallest absolute Gasteiger partial charge is 0.393 e. The van der Waals surface area contributed by atoms with E-state index in [-0.39, 0.29) is 6.42 Å². The predicted molar refractivity (Wildman–Crippen MR) is 100 cm³/mol. The summed E-state index contributed by atoms with van der Waals surface area (Å²) in [6, 6.07) is 0. The Morgan fingerprint density at radius 1 is 1.00 bits per heavy atom. The number of halogens is 6. The molecule has 3 nitrogen and oxygen atoms in total. The Kier molecular flexibility index (Phi) is 9.03. The molecule has 0 radical (unpaired) electrons. The van der Waals surface area contributed by atoms with Gasteiger partial charge in [-0.3, -0.25) is 0 Å². The molecule has 0 bridgehead atoms. The highest BCUT2D eigenvalue weighted by molar-refractivity contribution is 5.21. The fourth-order valence-electron chi connectivity index (χ4n) is 3.11. The summed E-state index contributed by atoms with van der Waals surface area (Å²) in [6.07, 6.45) is -4.54. The summed E-state index contributed by atoms with van der Waals surface area (Å²) in [5.41, 5.74) is -4.73. The molecule has 0 aromatic carbocycles. The Morgan fingerprint density at radius 2 is 1.53 bits per heavy atom. The molecule has 2 atom stereocenters. The van der Waals surface area contributed by atoms with E-state index in [9.17, 15) is 36.6 Å². The number of aliphatic hydroxyl groups excluding tert-OH is 2. The fraction of sp³-hybridized carbons (Fsp3) is 0.714. The summed E-state index contributed by atoms with van der Waals surface area (Å²) in [5, 5.41) is 28.3. The number of aliphatic hydroxyl groups is 3. The molecule has 0 aromatic heterocycles. The molecule has 0 saturated heterocycles. The molecule has 0 heterocycles. The predicted octanol–water partition coefficient (Wildman–Crippen LogP) is 4.82. The van der Waals surface area contributed by atoms with E-state index in [0.29, 0.717) is 38.5 Å². The molecule has 1 aliphatic carbocycles. The molecule has 0 aromatic rings. The summed E-state index contributed by atoms with van der Waals surface area (Å²) in [4.78, 5) is 0. The van der Waals surface area contributed by atoms with Crippen LogP contribution in [0.25, 0.3) is 0 Å². The zero-order valence-electron chi connectivity index (χ0n) is 16.9. The van der Waals surface area contributed by atoms with Gasteiger partial charge in [-0.2, -0.15) is 26.3 Å². The van der Waals surface area contributed by atoms with E-state index in [1.807, 2.05) is 18.1 Å². The van der Waals surface area contributed by atoms with Gasteiger partial charge >= 0.3 is 18.0 Å². The first-order valence-corrected chi connectivity index (χ1v) is 9.64. The van der Waals surface area contributed by atoms with Crippen LogP contribution in [0.3, 0.4) is 0 Å². The van der Waals surface area contributed by atoms with Crippen LogP contribution < -0.4 is 0 Å². The van der Waals surface area contributed by atoms with E-state index in [4.69, 9.17) is 5.11 Å². The van der Waals surface area contributed by atoms with Gasteiger partial charge in [0.1, 0.15) is 0 Å². The molecule has 1 saturated carbocycles. The van der Waals surface area contributed by atoms with E-state index in [0.717, 1.165) is 11.5 Å². The number of hydrogen-bond donors (Lipinski definition) is 3. The van der Waals surface area contributed by atoms with E-state index >= 15 is 0 Å². The molecular weight excluding hydrogens is 414 g/mol. The van der Waals surface area contributed by atoms with Crippen LogP contribution in [0.5, 0.6) is 0 Å². The van der Waals surface area contributed by atoms with Gasteiger partial charge in [0.05, 0.1) is 12.2 Å². The maximum Gasteiger partial charge on any atom is 0.438 e. The Balaban J connectivity index is 2.55. The van der Waals surface area contributed by atoms with Gasteiger partial charge < -0.3 is 15.3 Å². The molecule has 1 aliphatic rings. The normalized spacial score (nSPS) is 21.5. The highest BCUT2D eigenvalue weighted by Gasteiger charge is 2.70. The number of rotatable bonds is 6. The third-order valence-corrected chi connectivity index (χ3v) is 4.89. The fourth-order valence-corrected chi connectivity index (χ4v) is 3.11. The maximum atomic E-state index is 12.6. The zero-order chi connectivity index (χ0) is 23.2. The minimum atomic E-state index is -5.94. The number of hydrogen-bond acceptors (Lipinski definition) is 3. The summed E-state index contributed by atoms with van der Waals surface area (Å²) in [7, 11) is 0. The van der Waals surface area contributed by atoms with E-state index in [1.54, 1.807) is 19.9 Å². The topological polar surface area (TPSA) is 60.7 Å². The number of allylic oxidation sites excluding steroid dienone is 3. The molecule has 1 fully saturated rings. The molecule has 0 amide bonds. The summed E-state index contributed by atoms with van der Waals surface area (Å²) >= 11 is 0. The molecule has 30 heavy (non-hydrogen) atoms. The van der Waals surface area contributed by atoms with Gasteiger partial charge in [-0.25, -0.2) is 0 Å². The lowest BCUT2D eigenvalue weighted by molar-refractivity contribution is -0.343. The van der Waals surface area contributed by atoms with Gasteiger partial charge in [0.2, 0.25) is 0 Å². The first-order chi connectivity index (χ1) is 13.6. The van der Waals surface area contributed by atoms with Crippen molar-refractivity contribution in [2.24, 2.45) is 5.41 Å². The lowest BCUT2D eigenvalue weighted by atomic mass is 9.84. The van der Waals surface area contributed by atoms with Crippen LogP contribution in [-0.2, 0) is 0 Å². The van der Waals surface area contributed by atoms with Crippen molar-refractivity contribution < 1.29 is 41.7 Å². The van der Waals surface area contributed by atoms with Crippen molar-refractivity contribution in [3.63, 3.8) is 0 Å². The molecule has 172 valence electrons. The first-order valence-electron chi connectivity index (χ1n) is 9.64. The van der Waals surface area contributed by atoms with Crippen molar-refractivity contribution in [3.05, 3.63) is 23.8 Å². The zero-order valence-corrected chi connectivity index (χ0v) is 16.9. The monoisotopic (exact) mass is 442 g/mol. The van der Waals surface area contributed by atoms with Crippen molar-refractivity contribution in [1.29, 1.82) is 0 Å². The average molecular weight is 442 g/mol. The SMILES string of the molecule is CC(C)(CC#CC(O)(C(F)(F)F)C(F)(F)F)CCC/C=C/C=C1C[C@@H](O)C[C@H](O)C1. The molecule has 0 unspecified atom stereocenters. The van der Waals surface area contributed by atoms with Crippen LogP contribution in [0.15, 0.2) is 23.8 Å². The second-order valence-electron chi connectivity index (χ2n) is 8.45. The second-order valence-corrected chi connectivity index (χ2v) is 8.45. The quantitative estimate of drug-likeness (QED) is 0.314. The molecule has 0 spiro atoms. The summed E-state index contributed by atoms with van der Waals surface area (Å²) < 4.78 is 75.6. The molecule has 3 N–H and O–H groups in total. The highest BCUT2D eigenvalue weighted by atomic mass is 19.4. The average Bonchev–Trinajstić information content (AvgIpc) is 2.54. The van der Waals surface area contributed by atoms with Crippen LogP contribution in [0.1, 0.15) is 58.8 Å². The van der Waals surface area contributed by atoms with Gasteiger partial charge in [0.15, 0.2) is 0 Å². The standard InChI is InChI=1S/C21H28F6O3/c1-18(2,10-7-11-19(30,20(22,23)24)21(25,26)27)9-6-4-3-5-8-15-12-16(28)14-17(29)13-15/h3,5,8,16-17,28-30H,4,6,9-10,12-14H2,1-2H3/b5-3+/t16-,17-/m1/s1. The van der Waals surface area contributed by atoms with Gasteiger partial charge in [-0.15, -0.1) is 0 Å². The lowest BCUT2D eigenvalue weighted by Crippen LogP contribution is -2.55. The van der Waals surface area contributed by atoms with E-state index in [2.05, 4.69) is 0 Å². The third kappa shape index (κ3) is 7.97. The first kappa shape index (κ1) is 26.5. The Hall–Kier alpha value is -1.50. The lowest BCUT2D eigenvalue weighted by Gasteiger charge is -2.27. The van der Waals surface area contributed by atoms with E-state index < -0.39 is 35.6 Å². The Labute approximate surface area is 172 Å². The maximum absolute atomic E-state index is 12.6. The molecule has 9 heteroatoms. The summed E-state index contributed by atoms with van der Waals surface area (Å²) in [6.45, 7) is 3.36. The highest BCUT2D eigenvalue weighted by Crippen LogP contribution is 2.42.